The number of anilines is 3. The second kappa shape index (κ2) is 13.6. The first-order valence-corrected chi connectivity index (χ1v) is 10.2. The minimum absolute atomic E-state index is 0.224. The van der Waals surface area contributed by atoms with E-state index in [4.69, 9.17) is 15.2 Å². The molecule has 1 aromatic heterocycles. The van der Waals surface area contributed by atoms with E-state index in [0.717, 1.165) is 12.0 Å². The molecule has 166 valence electrons. The van der Waals surface area contributed by atoms with Crippen LogP contribution in [-0.2, 0) is 16.0 Å². The zero-order chi connectivity index (χ0) is 21.6. The molecule has 0 aliphatic heterocycles. The van der Waals surface area contributed by atoms with Crippen LogP contribution >= 0.6 is 0 Å². The number of rotatable bonds is 15. The molecule has 10 heteroatoms. The second-order valence-corrected chi connectivity index (χ2v) is 6.68. The Morgan fingerprint density at radius 3 is 2.23 bits per heavy atom. The number of benzene rings is 1. The predicted molar refractivity (Wildman–Crippen MR) is 116 cm³/mol. The lowest BCUT2D eigenvalue weighted by atomic mass is 10.2. The van der Waals surface area contributed by atoms with E-state index in [1.165, 1.54) is 12.1 Å². The Kier molecular flexibility index (Phi) is 10.8. The van der Waals surface area contributed by atoms with Crippen molar-refractivity contribution in [1.82, 2.24) is 15.0 Å². The Morgan fingerprint density at radius 1 is 0.933 bits per heavy atom. The molecular weight excluding hydrogens is 389 g/mol. The van der Waals surface area contributed by atoms with Gasteiger partial charge in [-0.05, 0) is 31.0 Å². The molecule has 1 aromatic carbocycles. The van der Waals surface area contributed by atoms with Gasteiger partial charge in [0.05, 0.1) is 26.4 Å². The van der Waals surface area contributed by atoms with Crippen LogP contribution in [0.5, 0.6) is 0 Å². The van der Waals surface area contributed by atoms with Gasteiger partial charge < -0.3 is 31.2 Å². The summed E-state index contributed by atoms with van der Waals surface area (Å²) in [6, 6.07) is 6.51. The highest BCUT2D eigenvalue weighted by molar-refractivity contribution is 5.43. The number of halogens is 1. The average molecular weight is 422 g/mol. The van der Waals surface area contributed by atoms with E-state index in [-0.39, 0.29) is 11.9 Å². The van der Waals surface area contributed by atoms with Gasteiger partial charge in [-0.1, -0.05) is 19.1 Å². The molecule has 5 N–H and O–H groups in total. The summed E-state index contributed by atoms with van der Waals surface area (Å²) in [6.45, 7) is 7.71. The van der Waals surface area contributed by atoms with Gasteiger partial charge in [-0.15, -0.1) is 0 Å². The van der Waals surface area contributed by atoms with Crippen molar-refractivity contribution in [1.29, 1.82) is 0 Å². The van der Waals surface area contributed by atoms with Crippen LogP contribution in [0.1, 0.15) is 25.8 Å². The first-order chi connectivity index (χ1) is 14.6. The Bertz CT molecular complexity index is 734. The lowest BCUT2D eigenvalue weighted by Crippen LogP contribution is -2.19. The first kappa shape index (κ1) is 23.7. The van der Waals surface area contributed by atoms with Crippen LogP contribution < -0.4 is 21.7 Å². The summed E-state index contributed by atoms with van der Waals surface area (Å²) in [5.41, 5.74) is 6.28. The zero-order valence-electron chi connectivity index (χ0n) is 17.7. The maximum absolute atomic E-state index is 13.1. The minimum Gasteiger partial charge on any atom is -0.378 e. The van der Waals surface area contributed by atoms with Crippen LogP contribution in [-0.4, -0.2) is 60.5 Å². The van der Waals surface area contributed by atoms with E-state index in [1.807, 2.05) is 0 Å². The fourth-order valence-corrected chi connectivity index (χ4v) is 2.34. The van der Waals surface area contributed by atoms with Crippen LogP contribution in [0.25, 0.3) is 0 Å². The maximum atomic E-state index is 13.1. The summed E-state index contributed by atoms with van der Waals surface area (Å²) in [5.74, 6) is 1.09. The zero-order valence-corrected chi connectivity index (χ0v) is 17.7. The number of ether oxygens (including phenoxy) is 2. The number of hydrogen-bond acceptors (Lipinski definition) is 9. The lowest BCUT2D eigenvalue weighted by Gasteiger charge is -2.14. The summed E-state index contributed by atoms with van der Waals surface area (Å²) in [5, 5.41) is 9.57. The van der Waals surface area contributed by atoms with Crippen molar-refractivity contribution in [2.75, 3.05) is 55.5 Å². The summed E-state index contributed by atoms with van der Waals surface area (Å²) < 4.78 is 23.8. The molecule has 30 heavy (non-hydrogen) atoms. The van der Waals surface area contributed by atoms with Gasteiger partial charge in [0.2, 0.25) is 17.8 Å². The van der Waals surface area contributed by atoms with E-state index in [0.29, 0.717) is 63.9 Å². The van der Waals surface area contributed by atoms with Crippen molar-refractivity contribution >= 4 is 17.8 Å². The molecule has 1 atom stereocenters. The second-order valence-electron chi connectivity index (χ2n) is 6.68. The van der Waals surface area contributed by atoms with E-state index >= 15 is 0 Å². The van der Waals surface area contributed by atoms with Gasteiger partial charge in [0, 0.05) is 25.7 Å². The normalized spacial score (nSPS) is 11.9. The van der Waals surface area contributed by atoms with Crippen molar-refractivity contribution in [3.63, 3.8) is 0 Å². The molecule has 2 aromatic rings. The standard InChI is InChI=1S/C20H32FN7O2/c1-3-15(2)25-20-27-18(23-9-11-30-13-12-29-10-8-22)26-19(28-20)24-14-16-4-6-17(21)7-5-16/h4-7,15H,3,8-14,22H2,1-2H3,(H3,23,24,25,26,27,28). The average Bonchev–Trinajstić information content (AvgIpc) is 2.75. The highest BCUT2D eigenvalue weighted by atomic mass is 19.1. The topological polar surface area (TPSA) is 119 Å². The summed E-state index contributed by atoms with van der Waals surface area (Å²) >= 11 is 0. The smallest absolute Gasteiger partial charge is 0.229 e. The van der Waals surface area contributed by atoms with Gasteiger partial charge >= 0.3 is 0 Å². The van der Waals surface area contributed by atoms with Gasteiger partial charge in [0.15, 0.2) is 0 Å². The number of hydrogen-bond donors (Lipinski definition) is 4. The highest BCUT2D eigenvalue weighted by Gasteiger charge is 2.09. The van der Waals surface area contributed by atoms with E-state index < -0.39 is 0 Å². The van der Waals surface area contributed by atoms with E-state index in [9.17, 15) is 4.39 Å². The van der Waals surface area contributed by atoms with Crippen molar-refractivity contribution in [2.24, 2.45) is 5.73 Å². The molecule has 0 aliphatic rings. The summed E-state index contributed by atoms with van der Waals surface area (Å²) in [6.07, 6.45) is 0.937. The molecule has 1 unspecified atom stereocenters. The molecule has 9 nitrogen and oxygen atoms in total. The van der Waals surface area contributed by atoms with Gasteiger partial charge in [0.25, 0.3) is 0 Å². The van der Waals surface area contributed by atoms with Crippen LogP contribution in [0.15, 0.2) is 24.3 Å². The third-order valence-electron chi connectivity index (χ3n) is 4.15. The molecule has 0 amide bonds. The SMILES string of the molecule is CCC(C)Nc1nc(NCCOCCOCCN)nc(NCc2ccc(F)cc2)n1. The van der Waals surface area contributed by atoms with Crippen LogP contribution in [0.4, 0.5) is 22.2 Å². The van der Waals surface area contributed by atoms with E-state index in [1.54, 1.807) is 12.1 Å². The summed E-state index contributed by atoms with van der Waals surface area (Å²) in [7, 11) is 0. The number of nitrogens with zero attached hydrogens (tertiary/aromatic N) is 3. The van der Waals surface area contributed by atoms with Gasteiger partial charge in [-0.25, -0.2) is 4.39 Å². The molecule has 2 rings (SSSR count). The molecule has 0 aliphatic carbocycles. The number of nitrogens with two attached hydrogens (primary N) is 1. The largest absolute Gasteiger partial charge is 0.378 e. The maximum Gasteiger partial charge on any atom is 0.229 e. The van der Waals surface area contributed by atoms with Crippen molar-refractivity contribution in [3.05, 3.63) is 35.6 Å². The molecule has 0 saturated carbocycles. The number of nitrogens with one attached hydrogen (secondary N) is 3. The van der Waals surface area contributed by atoms with E-state index in [2.05, 4.69) is 44.7 Å². The Labute approximate surface area is 177 Å². The van der Waals surface area contributed by atoms with Crippen molar-refractivity contribution in [2.45, 2.75) is 32.9 Å². The molecule has 0 spiro atoms. The highest BCUT2D eigenvalue weighted by Crippen LogP contribution is 2.12. The van der Waals surface area contributed by atoms with Crippen LogP contribution in [0, 0.1) is 5.82 Å². The fourth-order valence-electron chi connectivity index (χ4n) is 2.34. The fraction of sp³-hybridized carbons (Fsp3) is 0.550. The predicted octanol–water partition coefficient (Wildman–Crippen LogP) is 2.24. The van der Waals surface area contributed by atoms with Crippen molar-refractivity contribution < 1.29 is 13.9 Å². The molecule has 1 heterocycles. The number of aromatic nitrogens is 3. The minimum atomic E-state index is -0.265. The quantitative estimate of drug-likeness (QED) is 0.321. The molecule has 0 bridgehead atoms. The third-order valence-corrected chi connectivity index (χ3v) is 4.15. The summed E-state index contributed by atoms with van der Waals surface area (Å²) in [4.78, 5) is 13.2. The van der Waals surface area contributed by atoms with Crippen LogP contribution in [0.3, 0.4) is 0 Å². The monoisotopic (exact) mass is 421 g/mol. The molecule has 0 saturated heterocycles. The van der Waals surface area contributed by atoms with Gasteiger partial charge in [-0.2, -0.15) is 15.0 Å². The Morgan fingerprint density at radius 2 is 1.57 bits per heavy atom. The van der Waals surface area contributed by atoms with Gasteiger partial charge in [-0.3, -0.25) is 0 Å². The lowest BCUT2D eigenvalue weighted by molar-refractivity contribution is 0.0547. The first-order valence-electron chi connectivity index (χ1n) is 10.2. The molecule has 0 radical (unpaired) electrons. The van der Waals surface area contributed by atoms with Gasteiger partial charge in [0.1, 0.15) is 5.82 Å². The Hall–Kier alpha value is -2.56. The third kappa shape index (κ3) is 9.29. The molecule has 0 fully saturated rings. The Balaban J connectivity index is 1.90. The molecular formula is C20H32FN7O2. The van der Waals surface area contributed by atoms with Crippen molar-refractivity contribution in [3.8, 4) is 0 Å². The van der Waals surface area contributed by atoms with Crippen LogP contribution in [0.2, 0.25) is 0 Å².